The van der Waals surface area contributed by atoms with Gasteiger partial charge in [0.1, 0.15) is 0 Å². The molecule has 0 aliphatic carbocycles. The van der Waals surface area contributed by atoms with Crippen LogP contribution in [0.3, 0.4) is 0 Å². The van der Waals surface area contributed by atoms with Crippen molar-refractivity contribution in [3.8, 4) is 0 Å². The van der Waals surface area contributed by atoms with E-state index in [1.807, 2.05) is 6.08 Å². The first-order valence-corrected chi connectivity index (χ1v) is 3.28. The van der Waals surface area contributed by atoms with E-state index < -0.39 is 0 Å². The molecule has 1 heterocycles. The van der Waals surface area contributed by atoms with Gasteiger partial charge in [-0.15, -0.1) is 19.0 Å². The average Bonchev–Trinajstić information content (AvgIpc) is 2.19. The topological polar surface area (TPSA) is 12.0 Å². The lowest BCUT2D eigenvalue weighted by Gasteiger charge is -2.03. The van der Waals surface area contributed by atoms with Gasteiger partial charge in [0.15, 0.2) is 0 Å². The quantitative estimate of drug-likeness (QED) is 0.587. The van der Waals surface area contributed by atoms with Crippen molar-refractivity contribution in [1.29, 1.82) is 0 Å². The summed E-state index contributed by atoms with van der Waals surface area (Å²) in [4.78, 5) is 0. The highest BCUT2D eigenvalue weighted by Gasteiger charge is 2.10. The molecule has 0 bridgehead atoms. The molecule has 1 rings (SSSR count). The van der Waals surface area contributed by atoms with Gasteiger partial charge in [-0.1, -0.05) is 6.08 Å². The molecule has 0 radical (unpaired) electrons. The molecule has 1 N–H and O–H groups in total. The molecule has 0 spiro atoms. The van der Waals surface area contributed by atoms with Crippen molar-refractivity contribution in [2.45, 2.75) is 25.3 Å². The highest BCUT2D eigenvalue weighted by molar-refractivity contribution is 5.85. The van der Waals surface area contributed by atoms with E-state index in [4.69, 9.17) is 0 Å². The van der Waals surface area contributed by atoms with Gasteiger partial charge in [0.25, 0.3) is 0 Å². The summed E-state index contributed by atoms with van der Waals surface area (Å²) in [5, 5.41) is 3.39. The summed E-state index contributed by atoms with van der Waals surface area (Å²) in [5.41, 5.74) is 0. The van der Waals surface area contributed by atoms with Crippen molar-refractivity contribution in [2.75, 3.05) is 6.54 Å². The van der Waals surface area contributed by atoms with Crippen LogP contribution in [-0.4, -0.2) is 12.6 Å². The van der Waals surface area contributed by atoms with Crippen molar-refractivity contribution >= 4 is 12.4 Å². The van der Waals surface area contributed by atoms with Crippen LogP contribution in [0.2, 0.25) is 0 Å². The average molecular weight is 148 g/mol. The molecule has 9 heavy (non-hydrogen) atoms. The lowest BCUT2D eigenvalue weighted by atomic mass is 10.2. The molecule has 1 saturated heterocycles. The van der Waals surface area contributed by atoms with E-state index in [1.54, 1.807) is 0 Å². The van der Waals surface area contributed by atoms with Crippen LogP contribution in [-0.2, 0) is 0 Å². The Labute approximate surface area is 62.9 Å². The minimum Gasteiger partial charge on any atom is -0.314 e. The van der Waals surface area contributed by atoms with Gasteiger partial charge in [-0.25, -0.2) is 0 Å². The van der Waals surface area contributed by atoms with Crippen LogP contribution in [0, 0.1) is 0 Å². The van der Waals surface area contributed by atoms with Gasteiger partial charge in [-0.2, -0.15) is 0 Å². The lowest BCUT2D eigenvalue weighted by molar-refractivity contribution is 0.615. The van der Waals surface area contributed by atoms with Crippen LogP contribution in [0.1, 0.15) is 19.3 Å². The number of hydrogen-bond donors (Lipinski definition) is 1. The van der Waals surface area contributed by atoms with Gasteiger partial charge >= 0.3 is 0 Å². The van der Waals surface area contributed by atoms with E-state index in [-0.39, 0.29) is 12.4 Å². The molecule has 1 aliphatic rings. The zero-order valence-electron chi connectivity index (χ0n) is 5.60. The van der Waals surface area contributed by atoms with Gasteiger partial charge in [0, 0.05) is 6.04 Å². The Hall–Kier alpha value is -0.0100. The zero-order valence-corrected chi connectivity index (χ0v) is 6.41. The van der Waals surface area contributed by atoms with Crippen molar-refractivity contribution in [3.05, 3.63) is 12.7 Å². The third-order valence-corrected chi connectivity index (χ3v) is 1.61. The molecular formula is C7H14ClN. The number of halogens is 1. The molecule has 0 aromatic carbocycles. The fourth-order valence-electron chi connectivity index (χ4n) is 1.16. The molecule has 0 amide bonds. The molecular weight excluding hydrogens is 134 g/mol. The van der Waals surface area contributed by atoms with Crippen LogP contribution in [0.4, 0.5) is 0 Å². The second-order valence-corrected chi connectivity index (χ2v) is 2.32. The smallest absolute Gasteiger partial charge is 0.0102 e. The van der Waals surface area contributed by atoms with E-state index in [9.17, 15) is 0 Å². The van der Waals surface area contributed by atoms with Crippen LogP contribution in [0.25, 0.3) is 0 Å². The Morgan fingerprint density at radius 2 is 2.44 bits per heavy atom. The fourth-order valence-corrected chi connectivity index (χ4v) is 1.16. The Balaban J connectivity index is 0.000000640. The Morgan fingerprint density at radius 3 is 2.89 bits per heavy atom. The number of rotatable bonds is 2. The Morgan fingerprint density at radius 1 is 1.67 bits per heavy atom. The summed E-state index contributed by atoms with van der Waals surface area (Å²) in [5.74, 6) is 0. The van der Waals surface area contributed by atoms with E-state index in [0.29, 0.717) is 0 Å². The maximum Gasteiger partial charge on any atom is 0.0102 e. The first-order valence-electron chi connectivity index (χ1n) is 3.28. The van der Waals surface area contributed by atoms with Crippen molar-refractivity contribution in [2.24, 2.45) is 0 Å². The van der Waals surface area contributed by atoms with Crippen LogP contribution >= 0.6 is 12.4 Å². The molecule has 1 nitrogen and oxygen atoms in total. The highest BCUT2D eigenvalue weighted by Crippen LogP contribution is 2.07. The molecule has 0 aromatic rings. The monoisotopic (exact) mass is 147 g/mol. The van der Waals surface area contributed by atoms with E-state index >= 15 is 0 Å². The third-order valence-electron chi connectivity index (χ3n) is 1.61. The summed E-state index contributed by atoms with van der Waals surface area (Å²) in [6, 6.07) is 0.743. The predicted octanol–water partition coefficient (Wildman–Crippen LogP) is 1.74. The minimum atomic E-state index is 0. The maximum atomic E-state index is 3.68. The molecule has 54 valence electrons. The lowest BCUT2D eigenvalue weighted by Crippen LogP contribution is -2.19. The maximum absolute atomic E-state index is 3.68. The first kappa shape index (κ1) is 8.99. The second-order valence-electron chi connectivity index (χ2n) is 2.32. The molecule has 1 atom stereocenters. The molecule has 2 heteroatoms. The molecule has 0 unspecified atom stereocenters. The minimum absolute atomic E-state index is 0. The van der Waals surface area contributed by atoms with Gasteiger partial charge in [0.05, 0.1) is 0 Å². The molecule has 0 aromatic heterocycles. The fraction of sp³-hybridized carbons (Fsp3) is 0.714. The van der Waals surface area contributed by atoms with Crippen LogP contribution in [0.15, 0.2) is 12.7 Å². The van der Waals surface area contributed by atoms with E-state index in [1.165, 1.54) is 19.4 Å². The number of hydrogen-bond acceptors (Lipinski definition) is 1. The Bertz CT molecular complexity index is 77.0. The summed E-state index contributed by atoms with van der Waals surface area (Å²) in [6.07, 6.45) is 5.81. The summed E-state index contributed by atoms with van der Waals surface area (Å²) >= 11 is 0. The highest BCUT2D eigenvalue weighted by atomic mass is 35.5. The molecule has 1 aliphatic heterocycles. The Kier molecular flexibility index (Phi) is 4.83. The first-order chi connectivity index (χ1) is 3.93. The normalized spacial score (nSPS) is 25.1. The number of nitrogens with one attached hydrogen (secondary N) is 1. The van der Waals surface area contributed by atoms with E-state index in [2.05, 4.69) is 11.9 Å². The second kappa shape index (κ2) is 4.83. The van der Waals surface area contributed by atoms with Gasteiger partial charge in [-0.3, -0.25) is 0 Å². The summed E-state index contributed by atoms with van der Waals surface area (Å²) in [7, 11) is 0. The van der Waals surface area contributed by atoms with Crippen LogP contribution < -0.4 is 5.32 Å². The van der Waals surface area contributed by atoms with Crippen molar-refractivity contribution < 1.29 is 0 Å². The van der Waals surface area contributed by atoms with Crippen molar-refractivity contribution in [1.82, 2.24) is 5.32 Å². The third kappa shape index (κ3) is 2.87. The van der Waals surface area contributed by atoms with Gasteiger partial charge in [0.2, 0.25) is 0 Å². The SMILES string of the molecule is C=CC[C@@H]1CCCN1.Cl. The molecule has 0 saturated carbocycles. The molecule has 1 fully saturated rings. The largest absolute Gasteiger partial charge is 0.314 e. The summed E-state index contributed by atoms with van der Waals surface area (Å²) in [6.45, 7) is 4.89. The summed E-state index contributed by atoms with van der Waals surface area (Å²) < 4.78 is 0. The van der Waals surface area contributed by atoms with Gasteiger partial charge in [-0.05, 0) is 25.8 Å². The standard InChI is InChI=1S/C7H13N.ClH/c1-2-4-7-5-3-6-8-7;/h2,7-8H,1,3-6H2;1H/t7-;/m1./s1. The van der Waals surface area contributed by atoms with Gasteiger partial charge < -0.3 is 5.32 Å². The van der Waals surface area contributed by atoms with E-state index in [0.717, 1.165) is 12.5 Å². The van der Waals surface area contributed by atoms with Crippen molar-refractivity contribution in [3.63, 3.8) is 0 Å². The zero-order chi connectivity index (χ0) is 5.82. The van der Waals surface area contributed by atoms with Crippen LogP contribution in [0.5, 0.6) is 0 Å². The predicted molar refractivity (Wildman–Crippen MR) is 43.1 cm³/mol.